The number of hydrogen-bond acceptors (Lipinski definition) is 4. The average molecular weight is 435 g/mol. The van der Waals surface area contributed by atoms with Gasteiger partial charge in [-0.3, -0.25) is 9.59 Å². The number of hydrogen-bond donors (Lipinski definition) is 1. The number of amides is 2. The third kappa shape index (κ3) is 4.49. The number of likely N-dealkylation sites (tertiary alicyclic amines) is 1. The number of thiophene rings is 1. The molecule has 1 saturated heterocycles. The molecule has 3 aromatic rings. The van der Waals surface area contributed by atoms with Gasteiger partial charge in [0.2, 0.25) is 11.8 Å². The summed E-state index contributed by atoms with van der Waals surface area (Å²) in [4.78, 5) is 28.5. The van der Waals surface area contributed by atoms with Crippen LogP contribution < -0.4 is 10.5 Å². The fourth-order valence-electron chi connectivity index (χ4n) is 4.26. The van der Waals surface area contributed by atoms with Crippen molar-refractivity contribution in [3.05, 3.63) is 77.2 Å². The van der Waals surface area contributed by atoms with Crippen LogP contribution in [0.3, 0.4) is 0 Å². The number of rotatable bonds is 7. The quantitative estimate of drug-likeness (QED) is 0.613. The Balaban J connectivity index is 1.51. The fourth-order valence-corrected chi connectivity index (χ4v) is 5.05. The normalized spacial score (nSPS) is 18.2. The lowest BCUT2D eigenvalue weighted by atomic mass is 9.79. The highest BCUT2D eigenvalue weighted by atomic mass is 32.1. The topological polar surface area (TPSA) is 72.6 Å². The number of ether oxygens (including phenoxy) is 1. The predicted molar refractivity (Wildman–Crippen MR) is 123 cm³/mol. The lowest BCUT2D eigenvalue weighted by Crippen LogP contribution is -2.42. The molecule has 1 aromatic heterocycles. The Labute approximate surface area is 186 Å². The zero-order valence-electron chi connectivity index (χ0n) is 17.5. The molecule has 2 N–H and O–H groups in total. The van der Waals surface area contributed by atoms with E-state index in [9.17, 15) is 9.59 Å². The van der Waals surface area contributed by atoms with E-state index in [1.54, 1.807) is 23.3 Å². The number of benzene rings is 2. The molecule has 31 heavy (non-hydrogen) atoms. The second-order valence-electron chi connectivity index (χ2n) is 8.05. The molecule has 0 spiro atoms. The van der Waals surface area contributed by atoms with Gasteiger partial charge in [-0.2, -0.15) is 0 Å². The molecule has 2 aromatic carbocycles. The lowest BCUT2D eigenvalue weighted by Gasteiger charge is -2.27. The maximum Gasteiger partial charge on any atom is 0.227 e. The number of nitrogens with zero attached hydrogens (tertiary/aromatic N) is 1. The van der Waals surface area contributed by atoms with Crippen LogP contribution in [0.15, 0.2) is 66.0 Å². The first kappa shape index (κ1) is 21.1. The van der Waals surface area contributed by atoms with Crippen LogP contribution in [-0.2, 0) is 22.4 Å². The minimum atomic E-state index is -0.747. The predicted octanol–water partition coefficient (Wildman–Crippen LogP) is 3.91. The van der Waals surface area contributed by atoms with Crippen LogP contribution in [0.1, 0.15) is 17.5 Å². The molecule has 1 aliphatic rings. The standard InChI is InChI=1S/C25H26N2O3S/c1-30-20-10-8-18(9-11-20)15-23(28)27-13-12-25(17-27,24(26)29)16-19-5-2-3-6-21(19)22-7-4-14-31-22/h2-11,14H,12-13,15-17H2,1H3,(H2,26,29)/t25-/m0/s1. The van der Waals surface area contributed by atoms with Gasteiger partial charge in [-0.1, -0.05) is 42.5 Å². The molecule has 1 fully saturated rings. The van der Waals surface area contributed by atoms with Crippen molar-refractivity contribution < 1.29 is 14.3 Å². The number of carbonyl (C=O) groups excluding carboxylic acids is 2. The van der Waals surface area contributed by atoms with E-state index in [4.69, 9.17) is 10.5 Å². The first-order chi connectivity index (χ1) is 15.0. The van der Waals surface area contributed by atoms with E-state index < -0.39 is 5.41 Å². The van der Waals surface area contributed by atoms with Crippen molar-refractivity contribution in [3.63, 3.8) is 0 Å². The third-order valence-electron chi connectivity index (χ3n) is 6.08. The Kier molecular flexibility index (Phi) is 6.09. The van der Waals surface area contributed by atoms with E-state index in [1.807, 2.05) is 47.8 Å². The molecular weight excluding hydrogens is 408 g/mol. The highest BCUT2D eigenvalue weighted by Gasteiger charge is 2.45. The van der Waals surface area contributed by atoms with E-state index in [0.717, 1.165) is 22.4 Å². The third-order valence-corrected chi connectivity index (χ3v) is 6.98. The molecule has 0 unspecified atom stereocenters. The monoisotopic (exact) mass is 434 g/mol. The summed E-state index contributed by atoms with van der Waals surface area (Å²) in [6, 6.07) is 19.7. The van der Waals surface area contributed by atoms with Crippen molar-refractivity contribution in [2.75, 3.05) is 20.2 Å². The molecule has 2 amide bonds. The van der Waals surface area contributed by atoms with E-state index in [-0.39, 0.29) is 11.8 Å². The summed E-state index contributed by atoms with van der Waals surface area (Å²) in [6.07, 6.45) is 1.41. The van der Waals surface area contributed by atoms with Crippen molar-refractivity contribution in [3.8, 4) is 16.2 Å². The van der Waals surface area contributed by atoms with Gasteiger partial charge in [0.1, 0.15) is 5.75 Å². The van der Waals surface area contributed by atoms with Crippen LogP contribution in [0.5, 0.6) is 5.75 Å². The molecule has 0 radical (unpaired) electrons. The molecule has 4 rings (SSSR count). The minimum absolute atomic E-state index is 0.0137. The van der Waals surface area contributed by atoms with Crippen LogP contribution >= 0.6 is 11.3 Å². The maximum absolute atomic E-state index is 12.9. The number of primary amides is 1. The highest BCUT2D eigenvalue weighted by Crippen LogP contribution is 2.38. The molecular formula is C25H26N2O3S. The molecule has 0 saturated carbocycles. The van der Waals surface area contributed by atoms with Crippen LogP contribution in [-0.4, -0.2) is 36.9 Å². The zero-order chi connectivity index (χ0) is 21.8. The van der Waals surface area contributed by atoms with E-state index in [1.165, 1.54) is 4.88 Å². The Bertz CT molecular complexity index is 1060. The highest BCUT2D eigenvalue weighted by molar-refractivity contribution is 7.13. The number of carbonyl (C=O) groups is 2. The van der Waals surface area contributed by atoms with Gasteiger partial charge in [-0.05, 0) is 53.1 Å². The Morgan fingerprint density at radius 2 is 1.87 bits per heavy atom. The van der Waals surface area contributed by atoms with Crippen molar-refractivity contribution in [2.24, 2.45) is 11.1 Å². The van der Waals surface area contributed by atoms with Crippen molar-refractivity contribution in [2.45, 2.75) is 19.3 Å². The summed E-state index contributed by atoms with van der Waals surface area (Å²) in [5.41, 5.74) is 8.30. The van der Waals surface area contributed by atoms with Crippen LogP contribution in [0.25, 0.3) is 10.4 Å². The Hall–Kier alpha value is -3.12. The molecule has 1 atom stereocenters. The zero-order valence-corrected chi connectivity index (χ0v) is 18.4. The molecule has 5 nitrogen and oxygen atoms in total. The molecule has 2 heterocycles. The van der Waals surface area contributed by atoms with Crippen molar-refractivity contribution in [1.29, 1.82) is 0 Å². The van der Waals surface area contributed by atoms with Gasteiger partial charge in [0.15, 0.2) is 0 Å². The fraction of sp³-hybridized carbons (Fsp3) is 0.280. The smallest absolute Gasteiger partial charge is 0.227 e. The van der Waals surface area contributed by atoms with Crippen LogP contribution in [0.4, 0.5) is 0 Å². The van der Waals surface area contributed by atoms with Gasteiger partial charge in [0, 0.05) is 18.0 Å². The summed E-state index contributed by atoms with van der Waals surface area (Å²) < 4.78 is 5.17. The van der Waals surface area contributed by atoms with Gasteiger partial charge in [-0.15, -0.1) is 11.3 Å². The molecule has 160 valence electrons. The van der Waals surface area contributed by atoms with Crippen LogP contribution in [0.2, 0.25) is 0 Å². The van der Waals surface area contributed by atoms with Crippen molar-refractivity contribution in [1.82, 2.24) is 4.90 Å². The largest absolute Gasteiger partial charge is 0.497 e. The maximum atomic E-state index is 12.9. The Morgan fingerprint density at radius 1 is 1.10 bits per heavy atom. The number of nitrogens with two attached hydrogens (primary N) is 1. The summed E-state index contributed by atoms with van der Waals surface area (Å²) in [6.45, 7) is 0.898. The summed E-state index contributed by atoms with van der Waals surface area (Å²) >= 11 is 1.68. The second kappa shape index (κ2) is 8.94. The Morgan fingerprint density at radius 3 is 2.55 bits per heavy atom. The first-order valence-corrected chi connectivity index (χ1v) is 11.2. The molecule has 6 heteroatoms. The van der Waals surface area contributed by atoms with Gasteiger partial charge in [0.05, 0.1) is 18.9 Å². The van der Waals surface area contributed by atoms with Gasteiger partial charge < -0.3 is 15.4 Å². The van der Waals surface area contributed by atoms with Gasteiger partial charge in [0.25, 0.3) is 0 Å². The summed E-state index contributed by atoms with van der Waals surface area (Å²) in [7, 11) is 1.62. The van der Waals surface area contributed by atoms with E-state index in [2.05, 4.69) is 18.2 Å². The summed E-state index contributed by atoms with van der Waals surface area (Å²) in [5, 5.41) is 2.05. The average Bonchev–Trinajstić information content (AvgIpc) is 3.46. The van der Waals surface area contributed by atoms with E-state index >= 15 is 0 Å². The van der Waals surface area contributed by atoms with Crippen LogP contribution in [0, 0.1) is 5.41 Å². The molecule has 1 aliphatic heterocycles. The van der Waals surface area contributed by atoms with Crippen molar-refractivity contribution >= 4 is 23.2 Å². The first-order valence-electron chi connectivity index (χ1n) is 10.3. The van der Waals surface area contributed by atoms with E-state index in [0.29, 0.717) is 32.4 Å². The summed E-state index contributed by atoms with van der Waals surface area (Å²) in [5.74, 6) is 0.433. The molecule has 0 bridgehead atoms. The van der Waals surface area contributed by atoms with Gasteiger partial charge >= 0.3 is 0 Å². The number of methoxy groups -OCH3 is 1. The minimum Gasteiger partial charge on any atom is -0.497 e. The second-order valence-corrected chi connectivity index (χ2v) is 8.99. The molecule has 0 aliphatic carbocycles. The lowest BCUT2D eigenvalue weighted by molar-refractivity contribution is -0.131. The van der Waals surface area contributed by atoms with Gasteiger partial charge in [-0.25, -0.2) is 0 Å². The SMILES string of the molecule is COc1ccc(CC(=O)N2CC[C@@](Cc3ccccc3-c3cccs3)(C(N)=O)C2)cc1.